The van der Waals surface area contributed by atoms with Gasteiger partial charge in [-0.25, -0.2) is 0 Å². The Morgan fingerprint density at radius 1 is 0.882 bits per heavy atom. The molecule has 4 rings (SSSR count). The summed E-state index contributed by atoms with van der Waals surface area (Å²) in [5, 5.41) is 2.98. The summed E-state index contributed by atoms with van der Waals surface area (Å²) in [6, 6.07) is 15.6. The fourth-order valence-corrected chi connectivity index (χ4v) is 2.65. The highest BCUT2D eigenvalue weighted by Crippen LogP contribution is 2.28. The number of fused-ring (bicyclic) bond motifs is 3. The lowest BCUT2D eigenvalue weighted by atomic mass is 10.1. The van der Waals surface area contributed by atoms with Gasteiger partial charge in [-0.2, -0.15) is 0 Å². The average Bonchev–Trinajstić information content (AvgIpc) is 2.71. The fraction of sp³-hybridized carbons (Fsp3) is 0. The first kappa shape index (κ1) is 8.76. The molecule has 0 radical (unpaired) electrons. The van der Waals surface area contributed by atoms with E-state index in [0.717, 1.165) is 27.2 Å². The van der Waals surface area contributed by atoms with Gasteiger partial charge in [0, 0.05) is 11.6 Å². The molecule has 0 saturated carbocycles. The summed E-state index contributed by atoms with van der Waals surface area (Å²) in [6.07, 6.45) is 2.01. The summed E-state index contributed by atoms with van der Waals surface area (Å²) in [4.78, 5) is 12.0. The minimum Gasteiger partial charge on any atom is -0.315 e. The summed E-state index contributed by atoms with van der Waals surface area (Å²) in [6.45, 7) is 0. The van der Waals surface area contributed by atoms with Crippen LogP contribution in [0, 0.1) is 0 Å². The topological polar surface area (TPSA) is 21.5 Å². The minimum atomic E-state index is 0.0994. The van der Waals surface area contributed by atoms with Crippen molar-refractivity contribution in [3.63, 3.8) is 0 Å². The fourth-order valence-electron chi connectivity index (χ4n) is 2.65. The summed E-state index contributed by atoms with van der Waals surface area (Å²) in [7, 11) is 0. The molecule has 0 aliphatic rings. The van der Waals surface area contributed by atoms with Crippen molar-refractivity contribution >= 4 is 27.2 Å². The zero-order valence-corrected chi connectivity index (χ0v) is 9.05. The van der Waals surface area contributed by atoms with Crippen LogP contribution in [0.1, 0.15) is 0 Å². The molecule has 0 spiro atoms. The van der Waals surface area contributed by atoms with Crippen LogP contribution in [0.2, 0.25) is 0 Å². The van der Waals surface area contributed by atoms with Gasteiger partial charge < -0.3 is 4.40 Å². The summed E-state index contributed by atoms with van der Waals surface area (Å²) in [5.41, 5.74) is 2.22. The molecular formula is C15H9NO. The van der Waals surface area contributed by atoms with Gasteiger partial charge in [-0.3, -0.25) is 4.79 Å². The number of aromatic nitrogens is 1. The lowest BCUT2D eigenvalue weighted by molar-refractivity contribution is 1.27. The lowest BCUT2D eigenvalue weighted by Crippen LogP contribution is -1.97. The summed E-state index contributed by atoms with van der Waals surface area (Å²) < 4.78 is 2.10. The molecular weight excluding hydrogens is 210 g/mol. The quantitative estimate of drug-likeness (QED) is 0.445. The number of benzene rings is 2. The van der Waals surface area contributed by atoms with E-state index in [9.17, 15) is 4.79 Å². The first-order valence-corrected chi connectivity index (χ1v) is 5.60. The van der Waals surface area contributed by atoms with Crippen LogP contribution in [0.4, 0.5) is 0 Å². The van der Waals surface area contributed by atoms with E-state index in [0.29, 0.717) is 0 Å². The molecule has 0 unspecified atom stereocenters. The van der Waals surface area contributed by atoms with E-state index in [1.54, 1.807) is 6.07 Å². The molecule has 0 bridgehead atoms. The number of nitrogens with zero attached hydrogens (tertiary/aromatic N) is 1. The molecule has 17 heavy (non-hydrogen) atoms. The van der Waals surface area contributed by atoms with Crippen molar-refractivity contribution in [2.75, 3.05) is 0 Å². The highest BCUT2D eigenvalue weighted by molar-refractivity contribution is 6.13. The number of para-hydroxylation sites is 1. The largest absolute Gasteiger partial charge is 0.315 e. The number of hydrogen-bond donors (Lipinski definition) is 0. The number of hydrogen-bond acceptors (Lipinski definition) is 1. The lowest BCUT2D eigenvalue weighted by Gasteiger charge is -1.99. The van der Waals surface area contributed by atoms with Gasteiger partial charge in [-0.15, -0.1) is 0 Å². The second-order valence-electron chi connectivity index (χ2n) is 4.27. The van der Waals surface area contributed by atoms with Crippen LogP contribution >= 0.6 is 0 Å². The van der Waals surface area contributed by atoms with Gasteiger partial charge in [0.25, 0.3) is 0 Å². The molecule has 0 aliphatic heterocycles. The third-order valence-electron chi connectivity index (χ3n) is 3.36. The molecule has 4 aromatic rings. The van der Waals surface area contributed by atoms with Crippen molar-refractivity contribution in [1.82, 2.24) is 4.40 Å². The Balaban J connectivity index is 2.57. The Morgan fingerprint density at radius 3 is 2.71 bits per heavy atom. The molecule has 2 aromatic carbocycles. The van der Waals surface area contributed by atoms with Crippen LogP contribution < -0.4 is 5.43 Å². The van der Waals surface area contributed by atoms with Crippen LogP contribution in [-0.4, -0.2) is 4.40 Å². The maximum atomic E-state index is 12.0. The zero-order valence-electron chi connectivity index (χ0n) is 9.05. The van der Waals surface area contributed by atoms with Gasteiger partial charge in [0.15, 0.2) is 5.43 Å². The normalized spacial score (nSPS) is 11.8. The van der Waals surface area contributed by atoms with Gasteiger partial charge in [0.2, 0.25) is 0 Å². The first-order valence-electron chi connectivity index (χ1n) is 5.60. The number of pyridine rings is 1. The Kier molecular flexibility index (Phi) is 1.47. The van der Waals surface area contributed by atoms with E-state index in [2.05, 4.69) is 4.40 Å². The molecule has 0 saturated heterocycles. The maximum Gasteiger partial charge on any atom is 0.188 e. The van der Waals surface area contributed by atoms with E-state index in [1.807, 2.05) is 48.7 Å². The van der Waals surface area contributed by atoms with Crippen LogP contribution in [0.5, 0.6) is 0 Å². The van der Waals surface area contributed by atoms with Gasteiger partial charge >= 0.3 is 0 Å². The van der Waals surface area contributed by atoms with Crippen LogP contribution in [0.15, 0.2) is 59.5 Å². The van der Waals surface area contributed by atoms with E-state index < -0.39 is 0 Å². The van der Waals surface area contributed by atoms with Crippen molar-refractivity contribution in [3.8, 4) is 0 Å². The molecule has 0 aliphatic carbocycles. The molecule has 2 heterocycles. The standard InChI is InChI=1S/C15H9NO/c17-13-8-7-10-4-3-9-16-12-6-2-1-5-11(12)14(13)15(10)16/h1-9H. The predicted octanol–water partition coefficient (Wildman–Crippen LogP) is 3.04. The highest BCUT2D eigenvalue weighted by atomic mass is 16.1. The third kappa shape index (κ3) is 0.972. The molecule has 80 valence electrons. The Morgan fingerprint density at radius 2 is 1.76 bits per heavy atom. The maximum absolute atomic E-state index is 12.0. The molecule has 0 fully saturated rings. The molecule has 0 atom stereocenters. The highest BCUT2D eigenvalue weighted by Gasteiger charge is 2.11. The van der Waals surface area contributed by atoms with Crippen molar-refractivity contribution in [1.29, 1.82) is 0 Å². The van der Waals surface area contributed by atoms with E-state index in [-0.39, 0.29) is 5.43 Å². The van der Waals surface area contributed by atoms with E-state index in [1.165, 1.54) is 0 Å². The van der Waals surface area contributed by atoms with E-state index >= 15 is 0 Å². The first-order chi connectivity index (χ1) is 8.36. The SMILES string of the molecule is O=c1ccc2cccn3c4ccccc4c1c23. The number of rotatable bonds is 0. The van der Waals surface area contributed by atoms with Gasteiger partial charge in [0.05, 0.1) is 16.4 Å². The third-order valence-corrected chi connectivity index (χ3v) is 3.36. The predicted molar refractivity (Wildman–Crippen MR) is 69.9 cm³/mol. The van der Waals surface area contributed by atoms with Crippen LogP contribution in [0.3, 0.4) is 0 Å². The Labute approximate surface area is 97.1 Å². The van der Waals surface area contributed by atoms with Crippen molar-refractivity contribution in [2.45, 2.75) is 0 Å². The second-order valence-corrected chi connectivity index (χ2v) is 4.27. The van der Waals surface area contributed by atoms with Crippen LogP contribution in [-0.2, 0) is 0 Å². The van der Waals surface area contributed by atoms with Crippen molar-refractivity contribution in [3.05, 3.63) is 65.0 Å². The molecule has 2 heteroatoms. The van der Waals surface area contributed by atoms with Crippen molar-refractivity contribution < 1.29 is 0 Å². The molecule has 0 amide bonds. The Bertz CT molecular complexity index is 905. The van der Waals surface area contributed by atoms with E-state index in [4.69, 9.17) is 0 Å². The molecule has 2 nitrogen and oxygen atoms in total. The van der Waals surface area contributed by atoms with Crippen LogP contribution in [0.25, 0.3) is 27.2 Å². The van der Waals surface area contributed by atoms with Gasteiger partial charge in [-0.05, 0) is 29.7 Å². The molecule has 0 N–H and O–H groups in total. The summed E-state index contributed by atoms with van der Waals surface area (Å²) in [5.74, 6) is 0. The average molecular weight is 219 g/mol. The minimum absolute atomic E-state index is 0.0994. The summed E-state index contributed by atoms with van der Waals surface area (Å²) >= 11 is 0. The Hall–Kier alpha value is -2.35. The smallest absolute Gasteiger partial charge is 0.188 e. The molecule has 2 aromatic heterocycles. The van der Waals surface area contributed by atoms with Gasteiger partial charge in [0.1, 0.15) is 0 Å². The monoisotopic (exact) mass is 219 g/mol. The zero-order chi connectivity index (χ0) is 11.4. The second kappa shape index (κ2) is 2.86. The van der Waals surface area contributed by atoms with Crippen molar-refractivity contribution in [2.24, 2.45) is 0 Å². The van der Waals surface area contributed by atoms with Gasteiger partial charge in [-0.1, -0.05) is 24.3 Å².